The fourth-order valence-corrected chi connectivity index (χ4v) is 3.57. The number of carbonyl (C=O) groups is 1. The minimum Gasteiger partial charge on any atom is -0.478 e. The van der Waals surface area contributed by atoms with Gasteiger partial charge in [0.1, 0.15) is 0 Å². The molecule has 2 N–H and O–H groups in total. The van der Waals surface area contributed by atoms with Crippen molar-refractivity contribution in [1.82, 2.24) is 4.90 Å². The summed E-state index contributed by atoms with van der Waals surface area (Å²) in [7, 11) is 0. The first-order valence-electron chi connectivity index (χ1n) is 8.44. The Morgan fingerprint density at radius 1 is 1.12 bits per heavy atom. The number of benzene rings is 2. The Morgan fingerprint density at radius 2 is 1.88 bits per heavy atom. The monoisotopic (exact) mass is 325 g/mol. The fraction of sp³-hybridized carbons (Fsp3) is 0.350. The van der Waals surface area contributed by atoms with Crippen LogP contribution in [0.2, 0.25) is 0 Å². The van der Waals surface area contributed by atoms with E-state index in [4.69, 9.17) is 5.11 Å². The van der Waals surface area contributed by atoms with E-state index in [0.29, 0.717) is 24.7 Å². The molecule has 4 heteroatoms. The highest BCUT2D eigenvalue weighted by Crippen LogP contribution is 2.34. The normalized spacial score (nSPS) is 16.8. The Morgan fingerprint density at radius 3 is 2.58 bits per heavy atom. The predicted molar refractivity (Wildman–Crippen MR) is 93.0 cm³/mol. The van der Waals surface area contributed by atoms with Crippen LogP contribution in [0.1, 0.15) is 45.9 Å². The van der Waals surface area contributed by atoms with Crippen LogP contribution in [0.25, 0.3) is 0 Å². The van der Waals surface area contributed by atoms with Crippen LogP contribution >= 0.6 is 0 Å². The molecule has 1 aliphatic rings. The molecule has 126 valence electrons. The quantitative estimate of drug-likeness (QED) is 0.856. The van der Waals surface area contributed by atoms with E-state index in [9.17, 15) is 9.90 Å². The zero-order valence-electron chi connectivity index (χ0n) is 13.7. The van der Waals surface area contributed by atoms with Crippen LogP contribution in [0.5, 0.6) is 0 Å². The van der Waals surface area contributed by atoms with E-state index in [1.165, 1.54) is 11.1 Å². The second kappa shape index (κ2) is 7.60. The molecule has 3 rings (SSSR count). The SMILES string of the molecule is O=C(O)c1ccc(CN(CCO)C2CCCc3ccccc32)cc1. The summed E-state index contributed by atoms with van der Waals surface area (Å²) in [5.41, 5.74) is 4.13. The first-order valence-corrected chi connectivity index (χ1v) is 8.44. The number of nitrogens with zero attached hydrogens (tertiary/aromatic N) is 1. The maximum absolute atomic E-state index is 11.0. The number of carboxylic acid groups (broad SMARTS) is 1. The maximum Gasteiger partial charge on any atom is 0.335 e. The van der Waals surface area contributed by atoms with Crippen LogP contribution in [0.4, 0.5) is 0 Å². The number of rotatable bonds is 6. The van der Waals surface area contributed by atoms with Crippen LogP contribution in [-0.4, -0.2) is 34.2 Å². The van der Waals surface area contributed by atoms with Gasteiger partial charge in [0, 0.05) is 19.1 Å². The summed E-state index contributed by atoms with van der Waals surface area (Å²) in [6, 6.07) is 15.9. The zero-order valence-corrected chi connectivity index (χ0v) is 13.7. The second-order valence-corrected chi connectivity index (χ2v) is 6.30. The lowest BCUT2D eigenvalue weighted by Gasteiger charge is -2.35. The fourth-order valence-electron chi connectivity index (χ4n) is 3.57. The summed E-state index contributed by atoms with van der Waals surface area (Å²) in [4.78, 5) is 13.3. The highest BCUT2D eigenvalue weighted by atomic mass is 16.4. The van der Waals surface area contributed by atoms with Crippen molar-refractivity contribution in [3.8, 4) is 0 Å². The zero-order chi connectivity index (χ0) is 16.9. The smallest absolute Gasteiger partial charge is 0.335 e. The molecule has 0 heterocycles. The molecule has 0 aromatic heterocycles. The van der Waals surface area contributed by atoms with Gasteiger partial charge in [-0.05, 0) is 48.1 Å². The molecule has 24 heavy (non-hydrogen) atoms. The highest BCUT2D eigenvalue weighted by molar-refractivity contribution is 5.87. The summed E-state index contributed by atoms with van der Waals surface area (Å²) < 4.78 is 0. The van der Waals surface area contributed by atoms with Gasteiger partial charge in [0.2, 0.25) is 0 Å². The summed E-state index contributed by atoms with van der Waals surface area (Å²) in [6.45, 7) is 1.44. The molecule has 1 atom stereocenters. The summed E-state index contributed by atoms with van der Waals surface area (Å²) in [5.74, 6) is -0.907. The lowest BCUT2D eigenvalue weighted by molar-refractivity contribution is 0.0697. The van der Waals surface area contributed by atoms with Gasteiger partial charge in [-0.3, -0.25) is 4.90 Å². The lowest BCUT2D eigenvalue weighted by Crippen LogP contribution is -2.33. The van der Waals surface area contributed by atoms with Crippen molar-refractivity contribution in [2.75, 3.05) is 13.2 Å². The minimum absolute atomic E-state index is 0.117. The minimum atomic E-state index is -0.907. The van der Waals surface area contributed by atoms with Crippen LogP contribution in [0.3, 0.4) is 0 Å². The molecule has 4 nitrogen and oxygen atoms in total. The largest absolute Gasteiger partial charge is 0.478 e. The average molecular weight is 325 g/mol. The standard InChI is InChI=1S/C20H23NO3/c22-13-12-21(14-15-8-10-17(11-9-15)20(23)24)19-7-3-5-16-4-1-2-6-18(16)19/h1-2,4,6,8-11,19,22H,3,5,7,12-14H2,(H,23,24). The Balaban J connectivity index is 1.81. The van der Waals surface area contributed by atoms with Crippen molar-refractivity contribution in [2.45, 2.75) is 31.8 Å². The molecule has 0 saturated heterocycles. The van der Waals surface area contributed by atoms with Crippen molar-refractivity contribution in [3.63, 3.8) is 0 Å². The Hall–Kier alpha value is -2.17. The van der Waals surface area contributed by atoms with Crippen molar-refractivity contribution in [3.05, 3.63) is 70.8 Å². The number of aliphatic hydroxyl groups excluding tert-OH is 1. The van der Waals surface area contributed by atoms with E-state index in [1.807, 2.05) is 12.1 Å². The second-order valence-electron chi connectivity index (χ2n) is 6.30. The summed E-state index contributed by atoms with van der Waals surface area (Å²) >= 11 is 0. The highest BCUT2D eigenvalue weighted by Gasteiger charge is 2.25. The number of aryl methyl sites for hydroxylation is 1. The van der Waals surface area contributed by atoms with Gasteiger partial charge >= 0.3 is 5.97 Å². The first-order chi connectivity index (χ1) is 11.7. The van der Waals surface area contributed by atoms with Crippen LogP contribution in [-0.2, 0) is 13.0 Å². The summed E-state index contributed by atoms with van der Waals surface area (Å²) in [6.07, 6.45) is 3.36. The molecule has 0 aliphatic heterocycles. The van der Waals surface area contributed by atoms with Crippen molar-refractivity contribution < 1.29 is 15.0 Å². The van der Waals surface area contributed by atoms with Gasteiger partial charge in [-0.1, -0.05) is 36.4 Å². The predicted octanol–water partition coefficient (Wildman–Crippen LogP) is 3.26. The molecule has 0 amide bonds. The van der Waals surface area contributed by atoms with E-state index in [1.54, 1.807) is 12.1 Å². The number of fused-ring (bicyclic) bond motifs is 1. The third kappa shape index (κ3) is 3.66. The van der Waals surface area contributed by atoms with Gasteiger partial charge in [-0.2, -0.15) is 0 Å². The molecule has 1 aliphatic carbocycles. The molecule has 2 aromatic carbocycles. The Labute approximate surface area is 142 Å². The number of aliphatic hydroxyl groups is 1. The van der Waals surface area contributed by atoms with E-state index in [0.717, 1.165) is 24.8 Å². The van der Waals surface area contributed by atoms with Crippen LogP contribution in [0.15, 0.2) is 48.5 Å². The first kappa shape index (κ1) is 16.7. The summed E-state index contributed by atoms with van der Waals surface area (Å²) in [5, 5.41) is 18.5. The topological polar surface area (TPSA) is 60.8 Å². The Kier molecular flexibility index (Phi) is 5.28. The third-order valence-corrected chi connectivity index (χ3v) is 4.75. The van der Waals surface area contributed by atoms with Gasteiger partial charge in [-0.25, -0.2) is 4.79 Å². The molecular formula is C20H23NO3. The van der Waals surface area contributed by atoms with Gasteiger partial charge in [0.25, 0.3) is 0 Å². The number of aromatic carboxylic acids is 1. The third-order valence-electron chi connectivity index (χ3n) is 4.75. The van der Waals surface area contributed by atoms with E-state index < -0.39 is 5.97 Å². The van der Waals surface area contributed by atoms with Gasteiger partial charge in [-0.15, -0.1) is 0 Å². The van der Waals surface area contributed by atoms with E-state index in [-0.39, 0.29) is 6.61 Å². The van der Waals surface area contributed by atoms with Gasteiger partial charge in [0.15, 0.2) is 0 Å². The van der Waals surface area contributed by atoms with Gasteiger partial charge in [0.05, 0.1) is 12.2 Å². The van der Waals surface area contributed by atoms with Crippen molar-refractivity contribution in [2.24, 2.45) is 0 Å². The van der Waals surface area contributed by atoms with Crippen LogP contribution < -0.4 is 0 Å². The number of hydrogen-bond acceptors (Lipinski definition) is 3. The number of hydrogen-bond donors (Lipinski definition) is 2. The molecular weight excluding hydrogens is 302 g/mol. The van der Waals surface area contributed by atoms with Crippen molar-refractivity contribution in [1.29, 1.82) is 0 Å². The molecule has 1 unspecified atom stereocenters. The lowest BCUT2D eigenvalue weighted by atomic mass is 9.86. The molecule has 2 aromatic rings. The van der Waals surface area contributed by atoms with E-state index >= 15 is 0 Å². The maximum atomic E-state index is 11.0. The van der Waals surface area contributed by atoms with Gasteiger partial charge < -0.3 is 10.2 Å². The van der Waals surface area contributed by atoms with Crippen molar-refractivity contribution >= 4 is 5.97 Å². The average Bonchev–Trinajstić information content (AvgIpc) is 2.61. The van der Waals surface area contributed by atoms with Crippen LogP contribution in [0, 0.1) is 0 Å². The molecule has 0 fully saturated rings. The molecule has 0 saturated carbocycles. The molecule has 0 bridgehead atoms. The molecule has 0 spiro atoms. The Bertz CT molecular complexity index is 696. The van der Waals surface area contributed by atoms with E-state index in [2.05, 4.69) is 29.2 Å². The molecule has 0 radical (unpaired) electrons. The number of carboxylic acids is 1.